The van der Waals surface area contributed by atoms with Crippen molar-refractivity contribution in [3.05, 3.63) is 40.6 Å². The van der Waals surface area contributed by atoms with Crippen molar-refractivity contribution >= 4 is 13.5 Å². The van der Waals surface area contributed by atoms with Gasteiger partial charge in [-0.05, 0) is 16.9 Å². The Kier molecular flexibility index (Phi) is 5.16. The van der Waals surface area contributed by atoms with Gasteiger partial charge in [-0.3, -0.25) is 9.09 Å². The summed E-state index contributed by atoms with van der Waals surface area (Å²) >= 11 is 0. The van der Waals surface area contributed by atoms with E-state index >= 15 is 0 Å². The molecule has 0 spiro atoms. The van der Waals surface area contributed by atoms with Gasteiger partial charge in [0.25, 0.3) is 0 Å². The molecule has 9 heteroatoms. The zero-order valence-corrected chi connectivity index (χ0v) is 15.6. The van der Waals surface area contributed by atoms with Gasteiger partial charge >= 0.3 is 13.5 Å². The molecule has 2 fully saturated rings. The van der Waals surface area contributed by atoms with E-state index in [0.717, 1.165) is 26.2 Å². The predicted molar refractivity (Wildman–Crippen MR) is 95.3 cm³/mol. The van der Waals surface area contributed by atoms with Gasteiger partial charge in [0.15, 0.2) is 0 Å². The second-order valence-corrected chi connectivity index (χ2v) is 9.09. The molecule has 0 aliphatic carbocycles. The van der Waals surface area contributed by atoms with Crippen LogP contribution in [0.25, 0.3) is 0 Å². The first-order valence-electron chi connectivity index (χ1n) is 8.62. The molecule has 2 aliphatic heterocycles. The maximum atomic E-state index is 13.4. The van der Waals surface area contributed by atoms with E-state index in [1.165, 1.54) is 6.07 Å². The van der Waals surface area contributed by atoms with Gasteiger partial charge in [0.2, 0.25) is 0 Å². The van der Waals surface area contributed by atoms with Crippen molar-refractivity contribution in [1.29, 1.82) is 0 Å². The van der Waals surface area contributed by atoms with E-state index in [1.807, 2.05) is 23.2 Å². The highest BCUT2D eigenvalue weighted by Gasteiger charge is 2.51. The van der Waals surface area contributed by atoms with E-state index in [4.69, 9.17) is 4.52 Å². The van der Waals surface area contributed by atoms with Crippen LogP contribution in [0.3, 0.4) is 0 Å². The van der Waals surface area contributed by atoms with Crippen LogP contribution in [-0.2, 0) is 15.6 Å². The standard InChI is InChI=1S/C16H25N4O4P/c1-4-5-8-19-14(6-7-15(19)20(21)22)16(13(2)3)24-25(23,17-9-10-17)18-11-12-18/h4,6-7,13,16H,1,5,8-12H2,2-3H3. The third-order valence-corrected chi connectivity index (χ3v) is 7.18. The molecule has 0 N–H and O–H groups in total. The van der Waals surface area contributed by atoms with Crippen molar-refractivity contribution in [3.8, 4) is 0 Å². The first-order valence-corrected chi connectivity index (χ1v) is 10.2. The molecule has 2 aliphatic rings. The first kappa shape index (κ1) is 18.3. The number of nitrogens with zero attached hydrogens (tertiary/aromatic N) is 4. The summed E-state index contributed by atoms with van der Waals surface area (Å²) in [4.78, 5) is 11.0. The minimum absolute atomic E-state index is 0.0272. The van der Waals surface area contributed by atoms with Gasteiger partial charge in [0.1, 0.15) is 11.8 Å². The molecule has 1 unspecified atom stereocenters. The molecule has 3 rings (SSSR count). The number of hydrogen-bond donors (Lipinski definition) is 0. The average molecular weight is 368 g/mol. The summed E-state index contributed by atoms with van der Waals surface area (Å²) in [5, 5.41) is 11.4. The van der Waals surface area contributed by atoms with E-state index in [-0.39, 0.29) is 11.7 Å². The molecular formula is C16H25N4O4P. The van der Waals surface area contributed by atoms with Gasteiger partial charge in [-0.1, -0.05) is 19.9 Å². The Morgan fingerprint density at radius 2 is 1.92 bits per heavy atom. The number of nitro groups is 1. The zero-order chi connectivity index (χ0) is 18.2. The van der Waals surface area contributed by atoms with E-state index < -0.39 is 18.7 Å². The second kappa shape index (κ2) is 7.03. The molecule has 8 nitrogen and oxygen atoms in total. The van der Waals surface area contributed by atoms with Crippen LogP contribution in [0.15, 0.2) is 24.8 Å². The Hall–Kier alpha value is -1.47. The Labute approximate surface area is 147 Å². The third-order valence-electron chi connectivity index (χ3n) is 4.45. The van der Waals surface area contributed by atoms with Crippen molar-refractivity contribution in [2.24, 2.45) is 5.92 Å². The van der Waals surface area contributed by atoms with Gasteiger partial charge in [0, 0.05) is 38.7 Å². The molecule has 25 heavy (non-hydrogen) atoms. The monoisotopic (exact) mass is 368 g/mol. The SMILES string of the molecule is C=CCCn1c(C(OP(=O)(N2CC2)N2CC2)C(C)C)ccc1[N+](=O)[O-]. The van der Waals surface area contributed by atoms with E-state index in [9.17, 15) is 14.7 Å². The Balaban J connectivity index is 1.93. The van der Waals surface area contributed by atoms with Crippen molar-refractivity contribution < 1.29 is 14.0 Å². The third kappa shape index (κ3) is 3.72. The van der Waals surface area contributed by atoms with Crippen LogP contribution in [0, 0.1) is 16.0 Å². The lowest BCUT2D eigenvalue weighted by Gasteiger charge is -2.27. The molecule has 0 bridgehead atoms. The lowest BCUT2D eigenvalue weighted by atomic mass is 10.0. The number of allylic oxidation sites excluding steroid dienone is 1. The maximum absolute atomic E-state index is 13.4. The summed E-state index contributed by atoms with van der Waals surface area (Å²) in [5.41, 5.74) is 0.701. The van der Waals surface area contributed by atoms with Crippen molar-refractivity contribution in [1.82, 2.24) is 13.9 Å². The molecule has 138 valence electrons. The minimum Gasteiger partial charge on any atom is -0.358 e. The topological polar surface area (TPSA) is 80.4 Å². The summed E-state index contributed by atoms with van der Waals surface area (Å²) in [6.07, 6.45) is 1.88. The van der Waals surface area contributed by atoms with E-state index in [1.54, 1.807) is 16.7 Å². The normalized spacial score (nSPS) is 19.2. The molecule has 1 aromatic heterocycles. The van der Waals surface area contributed by atoms with Gasteiger partial charge in [-0.2, -0.15) is 0 Å². The van der Waals surface area contributed by atoms with Crippen LogP contribution in [0.5, 0.6) is 0 Å². The zero-order valence-electron chi connectivity index (χ0n) is 14.7. The lowest BCUT2D eigenvalue weighted by Crippen LogP contribution is -2.19. The van der Waals surface area contributed by atoms with E-state index in [0.29, 0.717) is 18.7 Å². The van der Waals surface area contributed by atoms with Crippen LogP contribution in [0.4, 0.5) is 5.82 Å². The average Bonchev–Trinajstić information content (AvgIpc) is 3.44. The summed E-state index contributed by atoms with van der Waals surface area (Å²) < 4.78 is 24.9. The Morgan fingerprint density at radius 3 is 2.36 bits per heavy atom. The number of hydrogen-bond acceptors (Lipinski definition) is 4. The molecule has 2 saturated heterocycles. The molecule has 0 radical (unpaired) electrons. The quantitative estimate of drug-likeness (QED) is 0.207. The van der Waals surface area contributed by atoms with Crippen molar-refractivity contribution in [3.63, 3.8) is 0 Å². The Morgan fingerprint density at radius 1 is 1.32 bits per heavy atom. The fourth-order valence-corrected chi connectivity index (χ4v) is 5.38. The highest BCUT2D eigenvalue weighted by atomic mass is 31.2. The summed E-state index contributed by atoms with van der Waals surface area (Å²) in [5.74, 6) is 0.0598. The largest absolute Gasteiger partial charge is 0.358 e. The molecule has 0 aromatic carbocycles. The summed E-state index contributed by atoms with van der Waals surface area (Å²) in [6.45, 7) is 11.2. The molecule has 3 heterocycles. The highest BCUT2D eigenvalue weighted by Crippen LogP contribution is 2.64. The second-order valence-electron chi connectivity index (χ2n) is 6.77. The van der Waals surface area contributed by atoms with Gasteiger partial charge < -0.3 is 10.1 Å². The number of aromatic nitrogens is 1. The van der Waals surface area contributed by atoms with Crippen molar-refractivity contribution in [2.75, 3.05) is 26.2 Å². The Bertz CT molecular complexity index is 693. The summed E-state index contributed by atoms with van der Waals surface area (Å²) in [6, 6.07) is 3.22. The van der Waals surface area contributed by atoms with Gasteiger partial charge in [0.05, 0.1) is 6.54 Å². The van der Waals surface area contributed by atoms with Crippen LogP contribution < -0.4 is 0 Å². The molecular weight excluding hydrogens is 343 g/mol. The smallest absolute Gasteiger partial charge is 0.346 e. The predicted octanol–water partition coefficient (Wildman–Crippen LogP) is 3.43. The van der Waals surface area contributed by atoms with Crippen LogP contribution in [-0.4, -0.2) is 45.0 Å². The maximum Gasteiger partial charge on any atom is 0.346 e. The lowest BCUT2D eigenvalue weighted by molar-refractivity contribution is -0.392. The molecule has 1 aromatic rings. The van der Waals surface area contributed by atoms with Gasteiger partial charge in [-0.25, -0.2) is 13.9 Å². The van der Waals surface area contributed by atoms with Crippen molar-refractivity contribution in [2.45, 2.75) is 32.9 Å². The summed E-state index contributed by atoms with van der Waals surface area (Å²) in [7, 11) is -3.01. The number of rotatable bonds is 10. The van der Waals surface area contributed by atoms with Crippen LogP contribution in [0.1, 0.15) is 32.1 Å². The fraction of sp³-hybridized carbons (Fsp3) is 0.625. The van der Waals surface area contributed by atoms with Gasteiger partial charge in [-0.15, -0.1) is 6.58 Å². The van der Waals surface area contributed by atoms with Crippen LogP contribution >= 0.6 is 7.67 Å². The minimum atomic E-state index is -3.01. The van der Waals surface area contributed by atoms with E-state index in [2.05, 4.69) is 6.58 Å². The molecule has 0 amide bonds. The fourth-order valence-electron chi connectivity index (χ4n) is 2.92. The molecule has 1 atom stereocenters. The molecule has 0 saturated carbocycles. The van der Waals surface area contributed by atoms with Crippen LogP contribution in [0.2, 0.25) is 0 Å². The highest BCUT2D eigenvalue weighted by molar-refractivity contribution is 7.54. The first-order chi connectivity index (χ1) is 11.9.